The number of halogens is 1. The summed E-state index contributed by atoms with van der Waals surface area (Å²) in [7, 11) is -3.85. The van der Waals surface area contributed by atoms with Crippen LogP contribution in [0.15, 0.2) is 47.4 Å². The molecule has 0 saturated carbocycles. The van der Waals surface area contributed by atoms with E-state index in [2.05, 4.69) is 0 Å². The molecule has 110 valence electrons. The second-order valence-electron chi connectivity index (χ2n) is 5.13. The molecule has 0 radical (unpaired) electrons. The van der Waals surface area contributed by atoms with Crippen LogP contribution in [-0.2, 0) is 23.0 Å². The summed E-state index contributed by atoms with van der Waals surface area (Å²) in [4.78, 5) is 0.0627. The molecular formula is C16H15ClO3S. The molecule has 0 heterocycles. The van der Waals surface area contributed by atoms with E-state index in [9.17, 15) is 8.42 Å². The molecule has 0 amide bonds. The van der Waals surface area contributed by atoms with Crippen molar-refractivity contribution in [3.8, 4) is 5.75 Å². The molecule has 21 heavy (non-hydrogen) atoms. The molecule has 0 aromatic heterocycles. The first-order chi connectivity index (χ1) is 10.0. The lowest BCUT2D eigenvalue weighted by molar-refractivity contribution is 0.485. The number of hydrogen-bond acceptors (Lipinski definition) is 3. The molecule has 5 heteroatoms. The van der Waals surface area contributed by atoms with Gasteiger partial charge >= 0.3 is 10.1 Å². The van der Waals surface area contributed by atoms with E-state index in [1.807, 2.05) is 12.1 Å². The molecule has 0 bridgehead atoms. The third kappa shape index (κ3) is 3.22. The number of fused-ring (bicyclic) bond motifs is 1. The molecule has 0 aliphatic heterocycles. The van der Waals surface area contributed by atoms with Crippen molar-refractivity contribution in [1.29, 1.82) is 0 Å². The van der Waals surface area contributed by atoms with Gasteiger partial charge in [0.2, 0.25) is 0 Å². The Bertz CT molecular complexity index is 769. The zero-order valence-electron chi connectivity index (χ0n) is 11.4. The van der Waals surface area contributed by atoms with Crippen LogP contribution < -0.4 is 4.18 Å². The van der Waals surface area contributed by atoms with Gasteiger partial charge in [0, 0.05) is 5.02 Å². The van der Waals surface area contributed by atoms with Crippen LogP contribution in [0.25, 0.3) is 0 Å². The quantitative estimate of drug-likeness (QED) is 0.803. The second-order valence-corrected chi connectivity index (χ2v) is 7.12. The van der Waals surface area contributed by atoms with Gasteiger partial charge in [-0.25, -0.2) is 0 Å². The fourth-order valence-corrected chi connectivity index (χ4v) is 3.78. The van der Waals surface area contributed by atoms with Gasteiger partial charge in [-0.05, 0) is 67.1 Å². The van der Waals surface area contributed by atoms with Crippen molar-refractivity contribution in [3.63, 3.8) is 0 Å². The van der Waals surface area contributed by atoms with Gasteiger partial charge < -0.3 is 4.18 Å². The summed E-state index contributed by atoms with van der Waals surface area (Å²) < 4.78 is 29.7. The van der Waals surface area contributed by atoms with Gasteiger partial charge in [-0.15, -0.1) is 0 Å². The van der Waals surface area contributed by atoms with Crippen LogP contribution in [0.3, 0.4) is 0 Å². The molecule has 1 aliphatic rings. The van der Waals surface area contributed by atoms with E-state index >= 15 is 0 Å². The van der Waals surface area contributed by atoms with Gasteiger partial charge in [0.1, 0.15) is 10.6 Å². The summed E-state index contributed by atoms with van der Waals surface area (Å²) in [6, 6.07) is 11.6. The highest BCUT2D eigenvalue weighted by Crippen LogP contribution is 2.27. The maximum atomic E-state index is 12.2. The van der Waals surface area contributed by atoms with Crippen molar-refractivity contribution in [3.05, 3.63) is 58.6 Å². The normalized spacial score (nSPS) is 14.5. The van der Waals surface area contributed by atoms with Gasteiger partial charge in [-0.3, -0.25) is 0 Å². The molecule has 2 aromatic carbocycles. The molecule has 3 nitrogen and oxygen atoms in total. The maximum Gasteiger partial charge on any atom is 0.339 e. The van der Waals surface area contributed by atoms with Crippen LogP contribution in [0.4, 0.5) is 0 Å². The topological polar surface area (TPSA) is 43.4 Å². The van der Waals surface area contributed by atoms with Crippen LogP contribution in [0, 0.1) is 0 Å². The standard InChI is InChI=1S/C16H15ClO3S/c17-14-6-3-7-16(11-14)21(18,19)20-15-9-8-12-4-1-2-5-13(12)10-15/h3,6-11H,1-2,4-5H2. The first-order valence-corrected chi connectivity index (χ1v) is 8.65. The average molecular weight is 323 g/mol. The van der Waals surface area contributed by atoms with Gasteiger partial charge in [0.15, 0.2) is 0 Å². The van der Waals surface area contributed by atoms with Gasteiger partial charge in [-0.1, -0.05) is 23.7 Å². The van der Waals surface area contributed by atoms with Crippen LogP contribution in [-0.4, -0.2) is 8.42 Å². The highest BCUT2D eigenvalue weighted by molar-refractivity contribution is 7.87. The second kappa shape index (κ2) is 5.70. The molecule has 0 saturated heterocycles. The number of hydrogen-bond donors (Lipinski definition) is 0. The van der Waals surface area contributed by atoms with Crippen molar-refractivity contribution in [1.82, 2.24) is 0 Å². The van der Waals surface area contributed by atoms with Crippen molar-refractivity contribution in [2.24, 2.45) is 0 Å². The summed E-state index contributed by atoms with van der Waals surface area (Å²) in [5.74, 6) is 0.357. The van der Waals surface area contributed by atoms with E-state index in [4.69, 9.17) is 15.8 Å². The van der Waals surface area contributed by atoms with E-state index in [0.717, 1.165) is 19.3 Å². The molecule has 0 N–H and O–H groups in total. The summed E-state index contributed by atoms with van der Waals surface area (Å²) in [6.45, 7) is 0. The first-order valence-electron chi connectivity index (χ1n) is 6.86. The SMILES string of the molecule is O=S(=O)(Oc1ccc2c(c1)CCCC2)c1cccc(Cl)c1. The Morgan fingerprint density at radius 3 is 2.48 bits per heavy atom. The van der Waals surface area contributed by atoms with Crippen molar-refractivity contribution < 1.29 is 12.6 Å². The van der Waals surface area contributed by atoms with Crippen LogP contribution >= 0.6 is 11.6 Å². The zero-order valence-corrected chi connectivity index (χ0v) is 13.0. The number of aryl methyl sites for hydroxylation is 2. The zero-order chi connectivity index (χ0) is 14.9. The van der Waals surface area contributed by atoms with Crippen LogP contribution in [0.1, 0.15) is 24.0 Å². The Kier molecular flexibility index (Phi) is 3.91. The molecule has 0 spiro atoms. The molecule has 2 aromatic rings. The van der Waals surface area contributed by atoms with Crippen molar-refractivity contribution in [2.75, 3.05) is 0 Å². The molecular weight excluding hydrogens is 308 g/mol. The number of rotatable bonds is 3. The van der Waals surface area contributed by atoms with E-state index < -0.39 is 10.1 Å². The Balaban J connectivity index is 1.89. The smallest absolute Gasteiger partial charge is 0.339 e. The monoisotopic (exact) mass is 322 g/mol. The third-order valence-corrected chi connectivity index (χ3v) is 5.09. The highest BCUT2D eigenvalue weighted by Gasteiger charge is 2.18. The fraction of sp³-hybridized carbons (Fsp3) is 0.250. The molecule has 1 aliphatic carbocycles. The third-order valence-electron chi connectivity index (χ3n) is 3.61. The summed E-state index contributed by atoms with van der Waals surface area (Å²) in [5, 5.41) is 0.366. The minimum absolute atomic E-state index is 0.0627. The van der Waals surface area contributed by atoms with E-state index in [1.165, 1.54) is 29.7 Å². The van der Waals surface area contributed by atoms with Gasteiger partial charge in [0.25, 0.3) is 0 Å². The summed E-state index contributed by atoms with van der Waals surface area (Å²) in [5.41, 5.74) is 2.47. The summed E-state index contributed by atoms with van der Waals surface area (Å²) in [6.07, 6.45) is 4.35. The van der Waals surface area contributed by atoms with E-state index in [-0.39, 0.29) is 4.90 Å². The molecule has 0 atom stereocenters. The van der Waals surface area contributed by atoms with Gasteiger partial charge in [-0.2, -0.15) is 8.42 Å². The van der Waals surface area contributed by atoms with E-state index in [0.29, 0.717) is 10.8 Å². The Morgan fingerprint density at radius 1 is 0.952 bits per heavy atom. The molecule has 0 fully saturated rings. The predicted molar refractivity (Wildman–Crippen MR) is 82.3 cm³/mol. The minimum atomic E-state index is -3.85. The predicted octanol–water partition coefficient (Wildman–Crippen LogP) is 3.99. The maximum absolute atomic E-state index is 12.2. The first kappa shape index (κ1) is 14.4. The molecule has 3 rings (SSSR count). The lowest BCUT2D eigenvalue weighted by atomic mass is 9.92. The van der Waals surface area contributed by atoms with Crippen LogP contribution in [0.5, 0.6) is 5.75 Å². The lowest BCUT2D eigenvalue weighted by Crippen LogP contribution is -2.10. The fourth-order valence-electron chi connectivity index (χ4n) is 2.56. The van der Waals surface area contributed by atoms with E-state index in [1.54, 1.807) is 18.2 Å². The Hall–Kier alpha value is -1.52. The Morgan fingerprint density at radius 2 is 1.71 bits per heavy atom. The minimum Gasteiger partial charge on any atom is -0.379 e. The van der Waals surface area contributed by atoms with Crippen molar-refractivity contribution >= 4 is 21.7 Å². The van der Waals surface area contributed by atoms with Crippen molar-refractivity contribution in [2.45, 2.75) is 30.6 Å². The average Bonchev–Trinajstić information content (AvgIpc) is 2.47. The highest BCUT2D eigenvalue weighted by atomic mass is 35.5. The number of benzene rings is 2. The summed E-state index contributed by atoms with van der Waals surface area (Å²) >= 11 is 5.83. The molecule has 0 unspecified atom stereocenters. The lowest BCUT2D eigenvalue weighted by Gasteiger charge is -2.16. The Labute approximate surface area is 129 Å². The largest absolute Gasteiger partial charge is 0.379 e. The van der Waals surface area contributed by atoms with Crippen LogP contribution in [0.2, 0.25) is 5.02 Å². The van der Waals surface area contributed by atoms with Gasteiger partial charge in [0.05, 0.1) is 0 Å².